The van der Waals surface area contributed by atoms with Crippen LogP contribution in [-0.4, -0.2) is 62.8 Å². The Morgan fingerprint density at radius 2 is 1.49 bits per heavy atom. The summed E-state index contributed by atoms with van der Waals surface area (Å²) in [7, 11) is 4.38. The molecule has 2 atom stereocenters. The van der Waals surface area contributed by atoms with Crippen molar-refractivity contribution in [2.24, 2.45) is 5.92 Å². The molecule has 0 radical (unpaired) electrons. The monoisotopic (exact) mass is 620 g/mol. The van der Waals surface area contributed by atoms with Crippen molar-refractivity contribution >= 4 is 35.2 Å². The Labute approximate surface area is 262 Å². The van der Waals surface area contributed by atoms with Crippen LogP contribution in [0.15, 0.2) is 66.7 Å². The fourth-order valence-electron chi connectivity index (χ4n) is 4.63. The van der Waals surface area contributed by atoms with Gasteiger partial charge in [0, 0.05) is 12.2 Å². The normalized spacial score (nSPS) is 12.0. The number of nitrogens with one attached hydrogen (secondary N) is 4. The van der Waals surface area contributed by atoms with Gasteiger partial charge in [0.1, 0.15) is 11.8 Å². The Hall–Kier alpha value is -5.26. The molecule has 0 aliphatic rings. The van der Waals surface area contributed by atoms with Crippen molar-refractivity contribution < 1.29 is 38.5 Å². The summed E-state index contributed by atoms with van der Waals surface area (Å²) in [4.78, 5) is 50.8. The lowest BCUT2D eigenvalue weighted by Crippen LogP contribution is -2.49. The summed E-state index contributed by atoms with van der Waals surface area (Å²) in [6.07, 6.45) is 0.284. The molecule has 240 valence electrons. The van der Waals surface area contributed by atoms with Crippen LogP contribution < -0.4 is 35.5 Å². The van der Waals surface area contributed by atoms with E-state index in [0.717, 1.165) is 0 Å². The summed E-state index contributed by atoms with van der Waals surface area (Å²) in [5, 5.41) is 20.8. The number of para-hydroxylation sites is 1. The molecule has 0 aliphatic heterocycles. The fourth-order valence-corrected chi connectivity index (χ4v) is 4.63. The predicted molar refractivity (Wildman–Crippen MR) is 170 cm³/mol. The highest BCUT2D eigenvalue weighted by Crippen LogP contribution is 2.31. The molecule has 1 unspecified atom stereocenters. The number of hydrogen-bond donors (Lipinski definition) is 5. The number of carboxylic acid groups (broad SMARTS) is 1. The largest absolute Gasteiger partial charge is 0.495 e. The summed E-state index contributed by atoms with van der Waals surface area (Å²) in [5.41, 5.74) is 2.06. The maximum Gasteiger partial charge on any atom is 0.323 e. The molecule has 0 saturated carbocycles. The van der Waals surface area contributed by atoms with Gasteiger partial charge in [-0.2, -0.15) is 0 Å². The molecule has 0 aromatic heterocycles. The zero-order valence-corrected chi connectivity index (χ0v) is 26.0. The van der Waals surface area contributed by atoms with Crippen LogP contribution in [0.3, 0.4) is 0 Å². The van der Waals surface area contributed by atoms with E-state index < -0.39 is 35.8 Å². The second kappa shape index (κ2) is 16.6. The first-order chi connectivity index (χ1) is 21.5. The second-order valence-corrected chi connectivity index (χ2v) is 10.7. The van der Waals surface area contributed by atoms with Crippen molar-refractivity contribution in [2.75, 3.05) is 38.5 Å². The molecular formula is C33H40N4O8. The van der Waals surface area contributed by atoms with E-state index in [-0.39, 0.29) is 18.9 Å². The van der Waals surface area contributed by atoms with Gasteiger partial charge >= 0.3 is 12.0 Å². The molecule has 0 bridgehead atoms. The van der Waals surface area contributed by atoms with E-state index >= 15 is 0 Å². The maximum absolute atomic E-state index is 13.2. The van der Waals surface area contributed by atoms with E-state index in [1.807, 2.05) is 19.9 Å². The van der Waals surface area contributed by atoms with Crippen molar-refractivity contribution in [2.45, 2.75) is 38.6 Å². The Morgan fingerprint density at radius 3 is 2.11 bits per heavy atom. The van der Waals surface area contributed by atoms with Gasteiger partial charge in [-0.05, 0) is 59.9 Å². The first kappa shape index (κ1) is 34.2. The topological polar surface area (TPSA) is 164 Å². The molecular weight excluding hydrogens is 580 g/mol. The molecule has 5 N–H and O–H groups in total. The van der Waals surface area contributed by atoms with Crippen LogP contribution in [0.25, 0.3) is 0 Å². The van der Waals surface area contributed by atoms with Crippen molar-refractivity contribution in [3.8, 4) is 17.2 Å². The van der Waals surface area contributed by atoms with Crippen LogP contribution in [0.5, 0.6) is 17.2 Å². The van der Waals surface area contributed by atoms with Crippen LogP contribution in [0.4, 0.5) is 16.2 Å². The molecule has 12 heteroatoms. The number of carboxylic acids is 1. The van der Waals surface area contributed by atoms with Crippen LogP contribution in [0.1, 0.15) is 37.3 Å². The van der Waals surface area contributed by atoms with Gasteiger partial charge < -0.3 is 40.6 Å². The number of aliphatic carboxylic acids is 1. The smallest absolute Gasteiger partial charge is 0.323 e. The standard InChI is InChI=1S/C33H40N4O8/c1-20(2)15-26(31(39)34-19-24(32(40)41)22-12-14-27(43-3)29(18-22)45-5)36-30(38)17-21-11-13-25(28(16-21)44-4)37-33(42)35-23-9-7-6-8-10-23/h6-14,16,18,20,24,26H,15,17,19H2,1-5H3,(H,34,39)(H,36,38)(H,40,41)(H2,35,37,42)/t24?,26-/m0/s1. The third-order valence-corrected chi connectivity index (χ3v) is 6.86. The molecule has 0 saturated heterocycles. The first-order valence-electron chi connectivity index (χ1n) is 14.4. The number of hydrogen-bond acceptors (Lipinski definition) is 7. The Balaban J connectivity index is 1.64. The summed E-state index contributed by atoms with van der Waals surface area (Å²) < 4.78 is 15.9. The van der Waals surface area contributed by atoms with Gasteiger partial charge in [-0.25, -0.2) is 4.79 Å². The summed E-state index contributed by atoms with van der Waals surface area (Å²) in [6.45, 7) is 3.64. The van der Waals surface area contributed by atoms with Gasteiger partial charge in [-0.15, -0.1) is 0 Å². The van der Waals surface area contributed by atoms with E-state index in [1.165, 1.54) is 21.3 Å². The Kier molecular flexibility index (Phi) is 12.6. The lowest BCUT2D eigenvalue weighted by atomic mass is 9.97. The van der Waals surface area contributed by atoms with Crippen molar-refractivity contribution in [3.63, 3.8) is 0 Å². The van der Waals surface area contributed by atoms with Gasteiger partial charge in [0.05, 0.1) is 39.4 Å². The number of carbonyl (C=O) groups is 4. The highest BCUT2D eigenvalue weighted by Gasteiger charge is 2.26. The minimum absolute atomic E-state index is 0.0574. The highest BCUT2D eigenvalue weighted by molar-refractivity contribution is 6.00. The molecule has 0 spiro atoms. The van der Waals surface area contributed by atoms with Gasteiger partial charge in [-0.3, -0.25) is 14.4 Å². The van der Waals surface area contributed by atoms with E-state index in [2.05, 4.69) is 21.3 Å². The number of anilines is 2. The second-order valence-electron chi connectivity index (χ2n) is 10.7. The number of methoxy groups -OCH3 is 3. The summed E-state index contributed by atoms with van der Waals surface area (Å²) >= 11 is 0. The summed E-state index contributed by atoms with van der Waals surface area (Å²) in [6, 6.07) is 17.3. The van der Waals surface area contributed by atoms with Gasteiger partial charge in [0.25, 0.3) is 0 Å². The SMILES string of the molecule is COc1cc(CC(=O)N[C@@H](CC(C)C)C(=O)NCC(C(=O)O)c2ccc(OC)c(OC)c2)ccc1NC(=O)Nc1ccccc1. The number of benzene rings is 3. The lowest BCUT2D eigenvalue weighted by molar-refractivity contribution is -0.139. The molecule has 0 fully saturated rings. The lowest BCUT2D eigenvalue weighted by Gasteiger charge is -2.22. The van der Waals surface area contributed by atoms with Crippen LogP contribution in [-0.2, 0) is 20.8 Å². The van der Waals surface area contributed by atoms with Crippen LogP contribution >= 0.6 is 0 Å². The molecule has 3 aromatic rings. The third-order valence-electron chi connectivity index (χ3n) is 6.86. The maximum atomic E-state index is 13.2. The first-order valence-corrected chi connectivity index (χ1v) is 14.4. The average Bonchev–Trinajstić information content (AvgIpc) is 3.01. The zero-order chi connectivity index (χ0) is 32.9. The molecule has 3 rings (SSSR count). The molecule has 0 aliphatic carbocycles. The number of carbonyl (C=O) groups excluding carboxylic acids is 3. The molecule has 12 nitrogen and oxygen atoms in total. The van der Waals surface area contributed by atoms with Crippen molar-refractivity contribution in [3.05, 3.63) is 77.9 Å². The fraction of sp³-hybridized carbons (Fsp3) is 0.333. The van der Waals surface area contributed by atoms with Crippen LogP contribution in [0.2, 0.25) is 0 Å². The van der Waals surface area contributed by atoms with Crippen molar-refractivity contribution in [1.82, 2.24) is 10.6 Å². The van der Waals surface area contributed by atoms with E-state index in [4.69, 9.17) is 14.2 Å². The van der Waals surface area contributed by atoms with Crippen molar-refractivity contribution in [1.29, 1.82) is 0 Å². The quantitative estimate of drug-likeness (QED) is 0.167. The number of ether oxygens (including phenoxy) is 3. The minimum atomic E-state index is -1.13. The van der Waals surface area contributed by atoms with Crippen LogP contribution in [0, 0.1) is 5.92 Å². The molecule has 0 heterocycles. The zero-order valence-electron chi connectivity index (χ0n) is 26.0. The predicted octanol–water partition coefficient (Wildman–Crippen LogP) is 4.41. The van der Waals surface area contributed by atoms with E-state index in [1.54, 1.807) is 60.7 Å². The molecule has 45 heavy (non-hydrogen) atoms. The molecule has 3 aromatic carbocycles. The number of amides is 4. The van der Waals surface area contributed by atoms with E-state index in [0.29, 0.717) is 46.2 Å². The minimum Gasteiger partial charge on any atom is -0.495 e. The molecule has 4 amide bonds. The Morgan fingerprint density at radius 1 is 0.800 bits per heavy atom. The number of urea groups is 1. The summed E-state index contributed by atoms with van der Waals surface area (Å²) in [5.74, 6) is -1.85. The van der Waals surface area contributed by atoms with Gasteiger partial charge in [-0.1, -0.05) is 44.2 Å². The van der Waals surface area contributed by atoms with Gasteiger partial charge in [0.2, 0.25) is 11.8 Å². The highest BCUT2D eigenvalue weighted by atomic mass is 16.5. The van der Waals surface area contributed by atoms with E-state index in [9.17, 15) is 24.3 Å². The third kappa shape index (κ3) is 10.2. The Bertz CT molecular complexity index is 1480. The number of rotatable bonds is 15. The average molecular weight is 621 g/mol. The van der Waals surface area contributed by atoms with Gasteiger partial charge in [0.15, 0.2) is 11.5 Å².